The second-order valence-electron chi connectivity index (χ2n) is 9.96. The standard InChI is InChI=1S/C29H30BrN3O4/c1-29(2)26(19-11-12-23(36-3)24(17-19)37-4)31-33(28(29)35)20-13-15-32(16-14-20)27(34)21-9-5-7-18-8-6-10-22(30)25(18)21/h5-12,17,20H,13-16H2,1-4H3. The molecule has 2 heterocycles. The van der Waals surface area contributed by atoms with Gasteiger partial charge in [0.1, 0.15) is 0 Å². The minimum absolute atomic E-state index is 0.0125. The number of piperidine rings is 1. The Hall–Kier alpha value is -3.39. The third-order valence-corrected chi connectivity index (χ3v) is 8.04. The summed E-state index contributed by atoms with van der Waals surface area (Å²) in [6.45, 7) is 4.94. The monoisotopic (exact) mass is 563 g/mol. The molecule has 2 amide bonds. The molecule has 37 heavy (non-hydrogen) atoms. The van der Waals surface area contributed by atoms with Gasteiger partial charge < -0.3 is 14.4 Å². The highest BCUT2D eigenvalue weighted by Gasteiger charge is 2.47. The maximum atomic E-state index is 13.5. The summed E-state index contributed by atoms with van der Waals surface area (Å²) >= 11 is 3.61. The van der Waals surface area contributed by atoms with Crippen molar-refractivity contribution >= 4 is 44.2 Å². The van der Waals surface area contributed by atoms with Crippen LogP contribution in [-0.4, -0.2) is 60.8 Å². The molecule has 0 spiro atoms. The van der Waals surface area contributed by atoms with Crippen LogP contribution in [0.4, 0.5) is 0 Å². The Morgan fingerprint density at radius 1 is 1.00 bits per heavy atom. The molecular formula is C29H30BrN3O4. The quantitative estimate of drug-likeness (QED) is 0.411. The molecule has 2 aliphatic heterocycles. The number of carbonyl (C=O) groups excluding carboxylic acids is 2. The summed E-state index contributed by atoms with van der Waals surface area (Å²) in [6.07, 6.45) is 1.34. The highest BCUT2D eigenvalue weighted by atomic mass is 79.9. The number of hydrogen-bond donors (Lipinski definition) is 0. The molecule has 192 valence electrons. The predicted octanol–water partition coefficient (Wildman–Crippen LogP) is 5.50. The van der Waals surface area contributed by atoms with Gasteiger partial charge in [-0.05, 0) is 62.4 Å². The molecule has 7 nitrogen and oxygen atoms in total. The third kappa shape index (κ3) is 4.37. The number of methoxy groups -OCH3 is 2. The number of fused-ring (bicyclic) bond motifs is 1. The SMILES string of the molecule is COc1ccc(C2=NN(C3CCN(C(=O)c4cccc5cccc(Br)c45)CC3)C(=O)C2(C)C)cc1OC. The zero-order valence-electron chi connectivity index (χ0n) is 21.5. The number of likely N-dealkylation sites (tertiary alicyclic amines) is 1. The average molecular weight is 564 g/mol. The van der Waals surface area contributed by atoms with Crippen molar-refractivity contribution < 1.29 is 19.1 Å². The van der Waals surface area contributed by atoms with Gasteiger partial charge in [0.15, 0.2) is 11.5 Å². The molecule has 0 radical (unpaired) electrons. The first-order valence-corrected chi connectivity index (χ1v) is 13.2. The Morgan fingerprint density at radius 2 is 1.68 bits per heavy atom. The third-order valence-electron chi connectivity index (χ3n) is 7.38. The molecule has 2 aliphatic rings. The van der Waals surface area contributed by atoms with E-state index in [-0.39, 0.29) is 17.9 Å². The van der Waals surface area contributed by atoms with E-state index in [2.05, 4.69) is 15.9 Å². The molecule has 5 rings (SSSR count). The first kappa shape index (κ1) is 25.3. The highest BCUT2D eigenvalue weighted by molar-refractivity contribution is 9.10. The molecular weight excluding hydrogens is 534 g/mol. The summed E-state index contributed by atoms with van der Waals surface area (Å²) < 4.78 is 11.7. The van der Waals surface area contributed by atoms with Gasteiger partial charge in [0, 0.05) is 34.1 Å². The zero-order valence-corrected chi connectivity index (χ0v) is 23.0. The Balaban J connectivity index is 1.35. The first-order valence-electron chi connectivity index (χ1n) is 12.4. The van der Waals surface area contributed by atoms with E-state index >= 15 is 0 Å². The Bertz CT molecular complexity index is 1400. The minimum atomic E-state index is -0.776. The van der Waals surface area contributed by atoms with Crippen molar-refractivity contribution in [2.75, 3.05) is 27.3 Å². The summed E-state index contributed by atoms with van der Waals surface area (Å²) in [5.74, 6) is 1.20. The van der Waals surface area contributed by atoms with E-state index in [1.54, 1.807) is 19.2 Å². The second-order valence-corrected chi connectivity index (χ2v) is 10.8. The molecule has 1 fully saturated rings. The van der Waals surface area contributed by atoms with Crippen molar-refractivity contribution in [3.63, 3.8) is 0 Å². The van der Waals surface area contributed by atoms with Crippen molar-refractivity contribution in [1.29, 1.82) is 0 Å². The van der Waals surface area contributed by atoms with E-state index in [0.29, 0.717) is 48.7 Å². The Labute approximate surface area is 225 Å². The average Bonchev–Trinajstić information content (AvgIpc) is 3.16. The Morgan fingerprint density at radius 3 is 2.35 bits per heavy atom. The van der Waals surface area contributed by atoms with Gasteiger partial charge in [0.25, 0.3) is 11.8 Å². The largest absolute Gasteiger partial charge is 0.493 e. The van der Waals surface area contributed by atoms with E-state index < -0.39 is 5.41 Å². The van der Waals surface area contributed by atoms with Crippen molar-refractivity contribution in [2.24, 2.45) is 10.5 Å². The van der Waals surface area contributed by atoms with Gasteiger partial charge in [-0.15, -0.1) is 0 Å². The van der Waals surface area contributed by atoms with Crippen LogP contribution < -0.4 is 9.47 Å². The normalized spacial score (nSPS) is 17.8. The number of amides is 2. The van der Waals surface area contributed by atoms with Crippen molar-refractivity contribution in [1.82, 2.24) is 9.91 Å². The highest BCUT2D eigenvalue weighted by Crippen LogP contribution is 2.38. The number of hydrogen-bond acceptors (Lipinski definition) is 5. The number of benzene rings is 3. The second kappa shape index (κ2) is 9.82. The molecule has 0 saturated carbocycles. The van der Waals surface area contributed by atoms with Crippen LogP contribution in [0.3, 0.4) is 0 Å². The topological polar surface area (TPSA) is 71.4 Å². The molecule has 0 aliphatic carbocycles. The lowest BCUT2D eigenvalue weighted by molar-refractivity contribution is -0.137. The van der Waals surface area contributed by atoms with Crippen LogP contribution in [0.2, 0.25) is 0 Å². The Kier molecular flexibility index (Phi) is 6.70. The van der Waals surface area contributed by atoms with E-state index in [1.807, 2.05) is 73.3 Å². The summed E-state index contributed by atoms with van der Waals surface area (Å²) in [6, 6.07) is 17.3. The van der Waals surface area contributed by atoms with Gasteiger partial charge in [0.05, 0.1) is 31.4 Å². The first-order chi connectivity index (χ1) is 17.8. The summed E-state index contributed by atoms with van der Waals surface area (Å²) in [5, 5.41) is 8.42. The van der Waals surface area contributed by atoms with Crippen LogP contribution >= 0.6 is 15.9 Å². The molecule has 0 unspecified atom stereocenters. The molecule has 8 heteroatoms. The van der Waals surface area contributed by atoms with Crippen molar-refractivity contribution in [2.45, 2.75) is 32.7 Å². The summed E-state index contributed by atoms with van der Waals surface area (Å²) in [4.78, 5) is 28.8. The molecule has 0 atom stereocenters. The van der Waals surface area contributed by atoms with Gasteiger partial charge in [-0.1, -0.05) is 40.2 Å². The number of halogens is 1. The fourth-order valence-corrected chi connectivity index (χ4v) is 5.87. The van der Waals surface area contributed by atoms with Crippen LogP contribution in [0.15, 0.2) is 64.2 Å². The van der Waals surface area contributed by atoms with Gasteiger partial charge in [-0.3, -0.25) is 9.59 Å². The van der Waals surface area contributed by atoms with Crippen LogP contribution in [-0.2, 0) is 4.79 Å². The molecule has 3 aromatic rings. The number of ether oxygens (including phenoxy) is 2. The van der Waals surface area contributed by atoms with E-state index in [4.69, 9.17) is 14.6 Å². The summed E-state index contributed by atoms with van der Waals surface area (Å²) in [5.41, 5.74) is 1.45. The fourth-order valence-electron chi connectivity index (χ4n) is 5.27. The van der Waals surface area contributed by atoms with E-state index in [1.165, 1.54) is 0 Å². The minimum Gasteiger partial charge on any atom is -0.493 e. The molecule has 1 saturated heterocycles. The lowest BCUT2D eigenvalue weighted by Crippen LogP contribution is -2.47. The lowest BCUT2D eigenvalue weighted by Gasteiger charge is -2.35. The van der Waals surface area contributed by atoms with E-state index in [0.717, 1.165) is 20.8 Å². The van der Waals surface area contributed by atoms with Gasteiger partial charge in [-0.2, -0.15) is 5.10 Å². The van der Waals surface area contributed by atoms with Crippen molar-refractivity contribution in [3.05, 3.63) is 70.2 Å². The van der Waals surface area contributed by atoms with Crippen LogP contribution in [0.1, 0.15) is 42.6 Å². The lowest BCUT2D eigenvalue weighted by atomic mass is 9.83. The van der Waals surface area contributed by atoms with E-state index in [9.17, 15) is 9.59 Å². The fraction of sp³-hybridized carbons (Fsp3) is 0.345. The number of nitrogens with zero attached hydrogens (tertiary/aromatic N) is 3. The van der Waals surface area contributed by atoms with Gasteiger partial charge in [-0.25, -0.2) is 5.01 Å². The number of carbonyl (C=O) groups is 2. The molecule has 0 aromatic heterocycles. The molecule has 0 bridgehead atoms. The van der Waals surface area contributed by atoms with Crippen LogP contribution in [0.25, 0.3) is 10.8 Å². The van der Waals surface area contributed by atoms with Gasteiger partial charge >= 0.3 is 0 Å². The van der Waals surface area contributed by atoms with Gasteiger partial charge in [0.2, 0.25) is 0 Å². The zero-order chi connectivity index (χ0) is 26.3. The van der Waals surface area contributed by atoms with Crippen LogP contribution in [0, 0.1) is 5.41 Å². The van der Waals surface area contributed by atoms with Crippen LogP contribution in [0.5, 0.6) is 11.5 Å². The molecule has 3 aromatic carbocycles. The van der Waals surface area contributed by atoms with Crippen molar-refractivity contribution in [3.8, 4) is 11.5 Å². The smallest absolute Gasteiger partial charge is 0.254 e. The number of rotatable bonds is 5. The summed E-state index contributed by atoms with van der Waals surface area (Å²) in [7, 11) is 3.18. The maximum absolute atomic E-state index is 13.5. The maximum Gasteiger partial charge on any atom is 0.254 e. The number of hydrazone groups is 1. The molecule has 0 N–H and O–H groups in total. The predicted molar refractivity (Wildman–Crippen MR) is 147 cm³/mol.